The van der Waals surface area contributed by atoms with Crippen molar-refractivity contribution in [2.75, 3.05) is 18.0 Å². The van der Waals surface area contributed by atoms with Gasteiger partial charge in [-0.2, -0.15) is 0 Å². The van der Waals surface area contributed by atoms with Gasteiger partial charge in [0.25, 0.3) is 0 Å². The number of carbonyl (C=O) groups excluding carboxylic acids is 1. The van der Waals surface area contributed by atoms with E-state index in [0.717, 1.165) is 13.0 Å². The summed E-state index contributed by atoms with van der Waals surface area (Å²) >= 11 is 5.97. The molecule has 0 aromatic heterocycles. The quantitative estimate of drug-likeness (QED) is 0.791. The number of rotatable bonds is 3. The molecular formula is C18H18ClNO. The average molecular weight is 300 g/mol. The number of ketones is 1. The van der Waals surface area contributed by atoms with E-state index in [1.54, 1.807) is 12.1 Å². The van der Waals surface area contributed by atoms with Gasteiger partial charge in [0.15, 0.2) is 5.78 Å². The highest BCUT2D eigenvalue weighted by Gasteiger charge is 2.23. The van der Waals surface area contributed by atoms with Gasteiger partial charge in [-0.3, -0.25) is 4.79 Å². The monoisotopic (exact) mass is 299 g/mol. The van der Waals surface area contributed by atoms with Gasteiger partial charge < -0.3 is 4.90 Å². The maximum absolute atomic E-state index is 12.5. The number of hydrogen-bond acceptors (Lipinski definition) is 2. The number of para-hydroxylation sites is 1. The Labute approximate surface area is 130 Å². The molecule has 1 aliphatic heterocycles. The van der Waals surface area contributed by atoms with Crippen molar-refractivity contribution in [2.24, 2.45) is 5.92 Å². The topological polar surface area (TPSA) is 20.3 Å². The number of fused-ring (bicyclic) bond motifs is 1. The molecule has 0 radical (unpaired) electrons. The van der Waals surface area contributed by atoms with Crippen LogP contribution >= 0.6 is 11.6 Å². The Bertz CT molecular complexity index is 668. The van der Waals surface area contributed by atoms with E-state index in [0.29, 0.717) is 23.0 Å². The number of halogens is 1. The first-order valence-electron chi connectivity index (χ1n) is 7.25. The molecule has 0 saturated heterocycles. The Morgan fingerprint density at radius 1 is 1.24 bits per heavy atom. The van der Waals surface area contributed by atoms with Gasteiger partial charge in [0.05, 0.1) is 6.54 Å². The van der Waals surface area contributed by atoms with Gasteiger partial charge in [-0.1, -0.05) is 48.9 Å². The van der Waals surface area contributed by atoms with Gasteiger partial charge >= 0.3 is 0 Å². The Morgan fingerprint density at radius 3 is 2.86 bits per heavy atom. The standard InChI is InChI=1S/C18H18ClNO/c1-13-9-14-5-2-3-8-17(14)20(11-13)12-18(21)15-6-4-7-16(19)10-15/h2-8,10,13H,9,11-12H2,1H3. The van der Waals surface area contributed by atoms with Crippen molar-refractivity contribution < 1.29 is 4.79 Å². The third-order valence-electron chi connectivity index (χ3n) is 3.91. The molecule has 108 valence electrons. The molecule has 0 fully saturated rings. The summed E-state index contributed by atoms with van der Waals surface area (Å²) in [6.07, 6.45) is 1.08. The summed E-state index contributed by atoms with van der Waals surface area (Å²) in [6, 6.07) is 15.5. The number of hydrogen-bond donors (Lipinski definition) is 0. The normalized spacial score (nSPS) is 17.4. The molecule has 2 nitrogen and oxygen atoms in total. The van der Waals surface area contributed by atoms with Crippen molar-refractivity contribution >= 4 is 23.1 Å². The first kappa shape index (κ1) is 14.2. The first-order chi connectivity index (χ1) is 10.1. The Morgan fingerprint density at radius 2 is 2.05 bits per heavy atom. The van der Waals surface area contributed by atoms with Crippen LogP contribution in [0, 0.1) is 5.92 Å². The SMILES string of the molecule is CC1Cc2ccccc2N(CC(=O)c2cccc(Cl)c2)C1. The molecule has 0 amide bonds. The summed E-state index contributed by atoms with van der Waals surface area (Å²) in [5, 5.41) is 0.605. The highest BCUT2D eigenvalue weighted by molar-refractivity contribution is 6.31. The van der Waals surface area contributed by atoms with Gasteiger partial charge in [0, 0.05) is 22.8 Å². The largest absolute Gasteiger partial charge is 0.363 e. The number of Topliss-reactive ketones (excluding diaryl/α,β-unsaturated/α-hetero) is 1. The zero-order chi connectivity index (χ0) is 14.8. The maximum Gasteiger partial charge on any atom is 0.182 e. The van der Waals surface area contributed by atoms with Gasteiger partial charge in [-0.25, -0.2) is 0 Å². The highest BCUT2D eigenvalue weighted by atomic mass is 35.5. The lowest BCUT2D eigenvalue weighted by Gasteiger charge is -2.34. The zero-order valence-corrected chi connectivity index (χ0v) is 12.8. The van der Waals surface area contributed by atoms with Gasteiger partial charge in [-0.05, 0) is 36.1 Å². The first-order valence-corrected chi connectivity index (χ1v) is 7.63. The molecule has 3 heteroatoms. The molecule has 1 aliphatic rings. The predicted molar refractivity (Wildman–Crippen MR) is 87.3 cm³/mol. The summed E-state index contributed by atoms with van der Waals surface area (Å²) < 4.78 is 0. The van der Waals surface area contributed by atoms with Crippen LogP contribution in [0.4, 0.5) is 5.69 Å². The molecule has 2 aromatic rings. The summed E-state index contributed by atoms with van der Waals surface area (Å²) in [5.41, 5.74) is 3.19. The van der Waals surface area contributed by atoms with Crippen LogP contribution < -0.4 is 4.90 Å². The molecule has 0 bridgehead atoms. The van der Waals surface area contributed by atoms with Crippen molar-refractivity contribution in [1.82, 2.24) is 0 Å². The average Bonchev–Trinajstić information content (AvgIpc) is 2.47. The molecule has 3 rings (SSSR count). The Kier molecular flexibility index (Phi) is 3.98. The number of nitrogens with zero attached hydrogens (tertiary/aromatic N) is 1. The molecule has 0 spiro atoms. The third kappa shape index (κ3) is 3.11. The fourth-order valence-corrected chi connectivity index (χ4v) is 3.17. The van der Waals surface area contributed by atoms with Gasteiger partial charge in [-0.15, -0.1) is 0 Å². The van der Waals surface area contributed by atoms with Crippen LogP contribution in [0.5, 0.6) is 0 Å². The lowest BCUT2D eigenvalue weighted by atomic mass is 9.93. The van der Waals surface area contributed by atoms with Crippen LogP contribution in [0.1, 0.15) is 22.8 Å². The lowest BCUT2D eigenvalue weighted by Crippen LogP contribution is -2.38. The lowest BCUT2D eigenvalue weighted by molar-refractivity contribution is 0.0998. The number of anilines is 1. The van der Waals surface area contributed by atoms with Crippen molar-refractivity contribution in [3.8, 4) is 0 Å². The smallest absolute Gasteiger partial charge is 0.182 e. The van der Waals surface area contributed by atoms with E-state index in [2.05, 4.69) is 30.0 Å². The molecule has 0 aliphatic carbocycles. The van der Waals surface area contributed by atoms with E-state index in [-0.39, 0.29) is 5.78 Å². The van der Waals surface area contributed by atoms with Crippen LogP contribution in [0.3, 0.4) is 0 Å². The van der Waals surface area contributed by atoms with Crippen molar-refractivity contribution in [2.45, 2.75) is 13.3 Å². The van der Waals surface area contributed by atoms with Crippen LogP contribution in [0.25, 0.3) is 0 Å². The molecule has 0 saturated carbocycles. The van der Waals surface area contributed by atoms with Crippen molar-refractivity contribution in [3.05, 3.63) is 64.7 Å². The molecule has 2 aromatic carbocycles. The summed E-state index contributed by atoms with van der Waals surface area (Å²) in [6.45, 7) is 3.55. The highest BCUT2D eigenvalue weighted by Crippen LogP contribution is 2.29. The van der Waals surface area contributed by atoms with E-state index in [1.165, 1.54) is 11.3 Å². The minimum atomic E-state index is 0.112. The van der Waals surface area contributed by atoms with Crippen LogP contribution in [-0.2, 0) is 6.42 Å². The molecule has 1 unspecified atom stereocenters. The molecule has 1 atom stereocenters. The Balaban J connectivity index is 1.83. The predicted octanol–water partition coefficient (Wildman–Crippen LogP) is 4.22. The molecule has 1 heterocycles. The van der Waals surface area contributed by atoms with Crippen molar-refractivity contribution in [1.29, 1.82) is 0 Å². The fourth-order valence-electron chi connectivity index (χ4n) is 2.98. The van der Waals surface area contributed by atoms with Crippen molar-refractivity contribution in [3.63, 3.8) is 0 Å². The minimum absolute atomic E-state index is 0.112. The second kappa shape index (κ2) is 5.90. The van der Waals surface area contributed by atoms with E-state index < -0.39 is 0 Å². The molecule has 0 N–H and O–H groups in total. The zero-order valence-electron chi connectivity index (χ0n) is 12.1. The van der Waals surface area contributed by atoms with E-state index in [4.69, 9.17) is 11.6 Å². The van der Waals surface area contributed by atoms with Gasteiger partial charge in [0.2, 0.25) is 0 Å². The van der Waals surface area contributed by atoms with E-state index in [9.17, 15) is 4.79 Å². The summed E-state index contributed by atoms with van der Waals surface area (Å²) in [5.74, 6) is 0.675. The number of carbonyl (C=O) groups is 1. The maximum atomic E-state index is 12.5. The van der Waals surface area contributed by atoms with Crippen LogP contribution in [-0.4, -0.2) is 18.9 Å². The van der Waals surface area contributed by atoms with Crippen LogP contribution in [0.2, 0.25) is 5.02 Å². The van der Waals surface area contributed by atoms with E-state index in [1.807, 2.05) is 18.2 Å². The third-order valence-corrected chi connectivity index (χ3v) is 4.15. The fraction of sp³-hybridized carbons (Fsp3) is 0.278. The Hall–Kier alpha value is -1.80. The van der Waals surface area contributed by atoms with Gasteiger partial charge in [0.1, 0.15) is 0 Å². The second-order valence-electron chi connectivity index (χ2n) is 5.75. The molecular weight excluding hydrogens is 282 g/mol. The number of benzene rings is 2. The van der Waals surface area contributed by atoms with Crippen LogP contribution in [0.15, 0.2) is 48.5 Å². The van der Waals surface area contributed by atoms with E-state index >= 15 is 0 Å². The second-order valence-corrected chi connectivity index (χ2v) is 6.19. The minimum Gasteiger partial charge on any atom is -0.363 e. The summed E-state index contributed by atoms with van der Waals surface area (Å²) in [7, 11) is 0. The molecule has 21 heavy (non-hydrogen) atoms. The summed E-state index contributed by atoms with van der Waals surface area (Å²) in [4.78, 5) is 14.7.